The van der Waals surface area contributed by atoms with E-state index >= 15 is 0 Å². The van der Waals surface area contributed by atoms with Crippen LogP contribution >= 0.6 is 0 Å². The summed E-state index contributed by atoms with van der Waals surface area (Å²) in [5.41, 5.74) is 5.18. The quantitative estimate of drug-likeness (QED) is 0.614. The van der Waals surface area contributed by atoms with Gasteiger partial charge in [-0.05, 0) is 37.1 Å². The molecule has 1 heterocycles. The zero-order chi connectivity index (χ0) is 12.0. The molecule has 0 saturated carbocycles. The van der Waals surface area contributed by atoms with Crippen LogP contribution in [0, 0.1) is 25.2 Å². The number of H-pyrrole nitrogens is 1. The number of hydrogen-bond donors (Lipinski definition) is 1. The average Bonchev–Trinajstić information content (AvgIpc) is 2.73. The van der Waals surface area contributed by atoms with Gasteiger partial charge in [-0.3, -0.25) is 0 Å². The van der Waals surface area contributed by atoms with Gasteiger partial charge in [-0.15, -0.1) is 0 Å². The van der Waals surface area contributed by atoms with E-state index in [9.17, 15) is 5.26 Å². The molecular formula is C15H12N2. The molecule has 0 atom stereocenters. The lowest BCUT2D eigenvalue weighted by atomic mass is 9.99. The predicted molar refractivity (Wildman–Crippen MR) is 70.0 cm³/mol. The van der Waals surface area contributed by atoms with Gasteiger partial charge >= 0.3 is 0 Å². The molecule has 0 aliphatic heterocycles. The van der Waals surface area contributed by atoms with Gasteiger partial charge in [0.2, 0.25) is 0 Å². The van der Waals surface area contributed by atoms with E-state index in [2.05, 4.69) is 31.0 Å². The SMILES string of the molecule is Cc1cc(C#N)c2[nH]c3ccccc3c2c1C. The highest BCUT2D eigenvalue weighted by Gasteiger charge is 2.11. The molecule has 2 heteroatoms. The molecule has 0 bridgehead atoms. The Labute approximate surface area is 99.5 Å². The van der Waals surface area contributed by atoms with Crippen molar-refractivity contribution in [1.82, 2.24) is 4.98 Å². The van der Waals surface area contributed by atoms with Crippen LogP contribution in [0.25, 0.3) is 21.8 Å². The second kappa shape index (κ2) is 3.36. The number of para-hydroxylation sites is 1. The molecule has 0 aliphatic carbocycles. The third-order valence-corrected chi connectivity index (χ3v) is 3.42. The number of aromatic nitrogens is 1. The number of fused-ring (bicyclic) bond motifs is 3. The molecule has 3 rings (SSSR count). The van der Waals surface area contributed by atoms with Crippen molar-refractivity contribution >= 4 is 21.8 Å². The van der Waals surface area contributed by atoms with E-state index in [1.807, 2.05) is 24.3 Å². The van der Waals surface area contributed by atoms with E-state index < -0.39 is 0 Å². The molecule has 0 saturated heterocycles. The van der Waals surface area contributed by atoms with Crippen LogP contribution in [-0.4, -0.2) is 4.98 Å². The van der Waals surface area contributed by atoms with E-state index in [0.29, 0.717) is 0 Å². The Balaban J connectivity index is 2.66. The first-order chi connectivity index (χ1) is 8.22. The first kappa shape index (κ1) is 9.92. The van der Waals surface area contributed by atoms with Crippen molar-refractivity contribution in [2.24, 2.45) is 0 Å². The van der Waals surface area contributed by atoms with Crippen molar-refractivity contribution in [3.8, 4) is 6.07 Å². The molecule has 82 valence electrons. The first-order valence-corrected chi connectivity index (χ1v) is 5.63. The smallest absolute Gasteiger partial charge is 0.101 e. The Morgan fingerprint density at radius 2 is 1.94 bits per heavy atom. The lowest BCUT2D eigenvalue weighted by Gasteiger charge is -2.03. The lowest BCUT2D eigenvalue weighted by Crippen LogP contribution is -1.86. The van der Waals surface area contributed by atoms with Crippen LogP contribution in [0.4, 0.5) is 0 Å². The average molecular weight is 220 g/mol. The summed E-state index contributed by atoms with van der Waals surface area (Å²) in [6, 6.07) is 12.4. The highest BCUT2D eigenvalue weighted by molar-refractivity contribution is 6.10. The molecule has 0 amide bonds. The molecule has 0 aliphatic rings. The zero-order valence-corrected chi connectivity index (χ0v) is 9.83. The molecular weight excluding hydrogens is 208 g/mol. The van der Waals surface area contributed by atoms with Crippen molar-refractivity contribution in [1.29, 1.82) is 5.26 Å². The molecule has 3 aromatic rings. The minimum Gasteiger partial charge on any atom is -0.353 e. The summed E-state index contributed by atoms with van der Waals surface area (Å²) in [6.45, 7) is 4.16. The molecule has 1 N–H and O–H groups in total. The van der Waals surface area contributed by atoms with Crippen LogP contribution in [0.15, 0.2) is 30.3 Å². The molecule has 1 aromatic heterocycles. The van der Waals surface area contributed by atoms with Crippen LogP contribution in [0.1, 0.15) is 16.7 Å². The van der Waals surface area contributed by atoms with Gasteiger partial charge < -0.3 is 4.98 Å². The first-order valence-electron chi connectivity index (χ1n) is 5.63. The summed E-state index contributed by atoms with van der Waals surface area (Å²) in [6.07, 6.45) is 0. The van der Waals surface area contributed by atoms with E-state index in [-0.39, 0.29) is 0 Å². The predicted octanol–water partition coefficient (Wildman–Crippen LogP) is 3.81. The Morgan fingerprint density at radius 1 is 1.18 bits per heavy atom. The summed E-state index contributed by atoms with van der Waals surface area (Å²) >= 11 is 0. The van der Waals surface area contributed by atoms with Gasteiger partial charge in [0.1, 0.15) is 6.07 Å². The number of aryl methyl sites for hydroxylation is 2. The normalized spacial score (nSPS) is 10.9. The van der Waals surface area contributed by atoms with E-state index in [4.69, 9.17) is 0 Å². The van der Waals surface area contributed by atoms with Gasteiger partial charge in [0.25, 0.3) is 0 Å². The molecule has 0 radical (unpaired) electrons. The van der Waals surface area contributed by atoms with Crippen LogP contribution in [0.2, 0.25) is 0 Å². The lowest BCUT2D eigenvalue weighted by molar-refractivity contribution is 1.36. The highest BCUT2D eigenvalue weighted by atomic mass is 14.7. The molecule has 17 heavy (non-hydrogen) atoms. The fourth-order valence-electron chi connectivity index (χ4n) is 2.42. The maximum Gasteiger partial charge on any atom is 0.101 e. The van der Waals surface area contributed by atoms with E-state index in [1.165, 1.54) is 21.9 Å². The standard InChI is InChI=1S/C15H12N2/c1-9-7-11(8-16)15-14(10(9)2)12-5-3-4-6-13(12)17-15/h3-7,17H,1-2H3. The van der Waals surface area contributed by atoms with Crippen LogP contribution in [0.3, 0.4) is 0 Å². The number of benzene rings is 2. The number of nitrogens with one attached hydrogen (secondary N) is 1. The van der Waals surface area contributed by atoms with Crippen LogP contribution < -0.4 is 0 Å². The van der Waals surface area contributed by atoms with Crippen molar-refractivity contribution < 1.29 is 0 Å². The molecule has 0 spiro atoms. The molecule has 0 fully saturated rings. The van der Waals surface area contributed by atoms with E-state index in [0.717, 1.165) is 16.6 Å². The number of rotatable bonds is 0. The zero-order valence-electron chi connectivity index (χ0n) is 9.83. The number of nitriles is 1. The van der Waals surface area contributed by atoms with Gasteiger partial charge in [0.05, 0.1) is 11.1 Å². The Morgan fingerprint density at radius 3 is 2.71 bits per heavy atom. The Bertz CT molecular complexity index is 773. The topological polar surface area (TPSA) is 39.6 Å². The maximum absolute atomic E-state index is 9.21. The van der Waals surface area contributed by atoms with E-state index in [1.54, 1.807) is 0 Å². The fourth-order valence-corrected chi connectivity index (χ4v) is 2.42. The minimum absolute atomic E-state index is 0.722. The van der Waals surface area contributed by atoms with Crippen molar-refractivity contribution in [3.63, 3.8) is 0 Å². The summed E-state index contributed by atoms with van der Waals surface area (Å²) in [4.78, 5) is 3.34. The minimum atomic E-state index is 0.722. The Kier molecular flexibility index (Phi) is 1.96. The highest BCUT2D eigenvalue weighted by Crippen LogP contribution is 2.31. The molecule has 2 aromatic carbocycles. The van der Waals surface area contributed by atoms with Gasteiger partial charge in [-0.1, -0.05) is 18.2 Å². The largest absolute Gasteiger partial charge is 0.353 e. The third-order valence-electron chi connectivity index (χ3n) is 3.42. The second-order valence-corrected chi connectivity index (χ2v) is 4.40. The third kappa shape index (κ3) is 1.26. The summed E-state index contributed by atoms with van der Waals surface area (Å²) in [7, 11) is 0. The van der Waals surface area contributed by atoms with Crippen molar-refractivity contribution in [2.75, 3.05) is 0 Å². The number of nitrogens with zero attached hydrogens (tertiary/aromatic N) is 1. The fraction of sp³-hybridized carbons (Fsp3) is 0.133. The van der Waals surface area contributed by atoms with Crippen LogP contribution in [0.5, 0.6) is 0 Å². The Hall–Kier alpha value is -2.27. The van der Waals surface area contributed by atoms with Crippen molar-refractivity contribution in [2.45, 2.75) is 13.8 Å². The van der Waals surface area contributed by atoms with Gasteiger partial charge in [-0.2, -0.15) is 5.26 Å². The second-order valence-electron chi connectivity index (χ2n) is 4.40. The summed E-state index contributed by atoms with van der Waals surface area (Å²) in [5, 5.41) is 11.6. The van der Waals surface area contributed by atoms with Crippen LogP contribution in [-0.2, 0) is 0 Å². The summed E-state index contributed by atoms with van der Waals surface area (Å²) in [5.74, 6) is 0. The number of aromatic amines is 1. The van der Waals surface area contributed by atoms with Crippen molar-refractivity contribution in [3.05, 3.63) is 47.0 Å². The van der Waals surface area contributed by atoms with Gasteiger partial charge in [-0.25, -0.2) is 0 Å². The van der Waals surface area contributed by atoms with Gasteiger partial charge in [0, 0.05) is 16.3 Å². The monoisotopic (exact) mass is 220 g/mol. The van der Waals surface area contributed by atoms with Gasteiger partial charge in [0.15, 0.2) is 0 Å². The molecule has 2 nitrogen and oxygen atoms in total. The summed E-state index contributed by atoms with van der Waals surface area (Å²) < 4.78 is 0. The number of hydrogen-bond acceptors (Lipinski definition) is 1. The molecule has 0 unspecified atom stereocenters. The maximum atomic E-state index is 9.21.